The van der Waals surface area contributed by atoms with Crippen LogP contribution in [0.2, 0.25) is 0 Å². The van der Waals surface area contributed by atoms with E-state index < -0.39 is 0 Å². The van der Waals surface area contributed by atoms with Gasteiger partial charge in [0.1, 0.15) is 5.69 Å². The molecule has 0 fully saturated rings. The van der Waals surface area contributed by atoms with Crippen molar-refractivity contribution < 1.29 is 4.79 Å². The molecule has 0 spiro atoms. The zero-order chi connectivity index (χ0) is 18.9. The molecule has 0 atom stereocenters. The summed E-state index contributed by atoms with van der Waals surface area (Å²) in [4.78, 5) is 20.8. The van der Waals surface area contributed by atoms with Gasteiger partial charge in [-0.3, -0.25) is 4.79 Å². The van der Waals surface area contributed by atoms with Gasteiger partial charge < -0.3 is 10.6 Å². The van der Waals surface area contributed by atoms with Crippen LogP contribution in [-0.2, 0) is 13.0 Å². The topological polar surface area (TPSA) is 66.9 Å². The average molecular weight is 360 g/mol. The summed E-state index contributed by atoms with van der Waals surface area (Å²) in [5.74, 6) is 0.275. The van der Waals surface area contributed by atoms with Crippen LogP contribution >= 0.6 is 0 Å². The molecule has 0 saturated carbocycles. The van der Waals surface area contributed by atoms with Gasteiger partial charge in [-0.2, -0.15) is 0 Å². The van der Waals surface area contributed by atoms with Crippen molar-refractivity contribution in [3.05, 3.63) is 89.2 Å². The van der Waals surface area contributed by atoms with Crippen molar-refractivity contribution in [2.45, 2.75) is 26.3 Å². The molecule has 2 N–H and O–H groups in total. The number of aryl methyl sites for hydroxylation is 2. The van der Waals surface area contributed by atoms with Crippen molar-refractivity contribution in [2.75, 3.05) is 11.9 Å². The third-order valence-corrected chi connectivity index (χ3v) is 4.19. The minimum absolute atomic E-state index is 0.177. The summed E-state index contributed by atoms with van der Waals surface area (Å²) in [5, 5.41) is 6.09. The SMILES string of the molecule is Cc1cccc(CNc2nccc(C(=O)NCCCc3ccccc3)n2)c1. The number of carbonyl (C=O) groups is 1. The van der Waals surface area contributed by atoms with E-state index in [1.54, 1.807) is 12.3 Å². The molecular weight excluding hydrogens is 336 g/mol. The number of aromatic nitrogens is 2. The number of benzene rings is 2. The van der Waals surface area contributed by atoms with Gasteiger partial charge >= 0.3 is 0 Å². The Morgan fingerprint density at radius 3 is 2.63 bits per heavy atom. The third-order valence-electron chi connectivity index (χ3n) is 4.19. The zero-order valence-electron chi connectivity index (χ0n) is 15.5. The van der Waals surface area contributed by atoms with Crippen molar-refractivity contribution in [3.8, 4) is 0 Å². The van der Waals surface area contributed by atoms with Crippen LogP contribution in [0.5, 0.6) is 0 Å². The van der Waals surface area contributed by atoms with Gasteiger partial charge in [-0.15, -0.1) is 0 Å². The second kappa shape index (κ2) is 9.48. The quantitative estimate of drug-likeness (QED) is 0.600. The van der Waals surface area contributed by atoms with E-state index in [0.717, 1.165) is 18.4 Å². The van der Waals surface area contributed by atoms with Gasteiger partial charge in [0.15, 0.2) is 0 Å². The van der Waals surface area contributed by atoms with Gasteiger partial charge in [-0.1, -0.05) is 60.2 Å². The van der Waals surface area contributed by atoms with Crippen LogP contribution in [-0.4, -0.2) is 22.4 Å². The predicted octanol–water partition coefficient (Wildman–Crippen LogP) is 3.76. The van der Waals surface area contributed by atoms with Gasteiger partial charge in [0, 0.05) is 19.3 Å². The predicted molar refractivity (Wildman–Crippen MR) is 108 cm³/mol. The molecule has 0 aliphatic heterocycles. The Hall–Kier alpha value is -3.21. The number of hydrogen-bond donors (Lipinski definition) is 2. The largest absolute Gasteiger partial charge is 0.351 e. The summed E-state index contributed by atoms with van der Waals surface area (Å²) in [6, 6.07) is 20.1. The molecule has 138 valence electrons. The highest BCUT2D eigenvalue weighted by Gasteiger charge is 2.08. The number of amides is 1. The molecule has 3 rings (SSSR count). The Kier molecular flexibility index (Phi) is 6.52. The van der Waals surface area contributed by atoms with Gasteiger partial charge in [-0.05, 0) is 37.0 Å². The molecular formula is C22H24N4O. The van der Waals surface area contributed by atoms with E-state index in [4.69, 9.17) is 0 Å². The number of rotatable bonds is 8. The van der Waals surface area contributed by atoms with Crippen LogP contribution in [0.1, 0.15) is 33.6 Å². The lowest BCUT2D eigenvalue weighted by Gasteiger charge is -2.08. The first-order chi connectivity index (χ1) is 13.2. The van der Waals surface area contributed by atoms with E-state index in [-0.39, 0.29) is 5.91 Å². The van der Waals surface area contributed by atoms with E-state index in [1.807, 2.05) is 30.3 Å². The molecule has 1 heterocycles. The first-order valence-corrected chi connectivity index (χ1v) is 9.15. The van der Waals surface area contributed by atoms with Crippen LogP contribution in [0.25, 0.3) is 0 Å². The summed E-state index contributed by atoms with van der Waals surface area (Å²) in [5.41, 5.74) is 4.00. The maximum absolute atomic E-state index is 12.3. The molecule has 0 aliphatic rings. The van der Waals surface area contributed by atoms with E-state index in [1.165, 1.54) is 11.1 Å². The molecule has 0 aliphatic carbocycles. The van der Waals surface area contributed by atoms with Crippen LogP contribution in [0.15, 0.2) is 66.9 Å². The average Bonchev–Trinajstić information content (AvgIpc) is 2.70. The molecule has 0 radical (unpaired) electrons. The van der Waals surface area contributed by atoms with Crippen molar-refractivity contribution in [1.82, 2.24) is 15.3 Å². The van der Waals surface area contributed by atoms with Crippen LogP contribution in [0.4, 0.5) is 5.95 Å². The molecule has 5 heteroatoms. The Morgan fingerprint density at radius 2 is 1.81 bits per heavy atom. The second-order valence-electron chi connectivity index (χ2n) is 6.45. The van der Waals surface area contributed by atoms with Crippen molar-refractivity contribution in [2.24, 2.45) is 0 Å². The number of hydrogen-bond acceptors (Lipinski definition) is 4. The van der Waals surface area contributed by atoms with E-state index >= 15 is 0 Å². The van der Waals surface area contributed by atoms with Gasteiger partial charge in [0.25, 0.3) is 5.91 Å². The van der Waals surface area contributed by atoms with E-state index in [2.05, 4.69) is 51.8 Å². The lowest BCUT2D eigenvalue weighted by atomic mass is 10.1. The number of nitrogens with zero attached hydrogens (tertiary/aromatic N) is 2. The van der Waals surface area contributed by atoms with Crippen molar-refractivity contribution in [3.63, 3.8) is 0 Å². The van der Waals surface area contributed by atoms with E-state index in [0.29, 0.717) is 24.7 Å². The third kappa shape index (κ3) is 5.92. The van der Waals surface area contributed by atoms with Crippen LogP contribution in [0, 0.1) is 6.92 Å². The fraction of sp³-hybridized carbons (Fsp3) is 0.227. The molecule has 1 amide bonds. The van der Waals surface area contributed by atoms with Gasteiger partial charge in [-0.25, -0.2) is 9.97 Å². The molecule has 27 heavy (non-hydrogen) atoms. The first kappa shape index (κ1) is 18.6. The van der Waals surface area contributed by atoms with Gasteiger partial charge in [0.2, 0.25) is 5.95 Å². The highest BCUT2D eigenvalue weighted by molar-refractivity contribution is 5.92. The molecule has 3 aromatic rings. The summed E-state index contributed by atoms with van der Waals surface area (Å²) in [6.45, 7) is 3.29. The minimum Gasteiger partial charge on any atom is -0.351 e. The molecule has 1 aromatic heterocycles. The highest BCUT2D eigenvalue weighted by Crippen LogP contribution is 2.07. The molecule has 0 saturated heterocycles. The zero-order valence-corrected chi connectivity index (χ0v) is 15.5. The maximum Gasteiger partial charge on any atom is 0.270 e. The lowest BCUT2D eigenvalue weighted by molar-refractivity contribution is 0.0948. The molecule has 2 aromatic carbocycles. The number of carbonyl (C=O) groups excluding carboxylic acids is 1. The van der Waals surface area contributed by atoms with Crippen molar-refractivity contribution in [1.29, 1.82) is 0 Å². The van der Waals surface area contributed by atoms with Gasteiger partial charge in [0.05, 0.1) is 0 Å². The maximum atomic E-state index is 12.3. The molecule has 0 unspecified atom stereocenters. The minimum atomic E-state index is -0.177. The van der Waals surface area contributed by atoms with Crippen LogP contribution in [0.3, 0.4) is 0 Å². The van der Waals surface area contributed by atoms with Crippen molar-refractivity contribution >= 4 is 11.9 Å². The Morgan fingerprint density at radius 1 is 1.00 bits per heavy atom. The smallest absolute Gasteiger partial charge is 0.270 e. The highest BCUT2D eigenvalue weighted by atomic mass is 16.1. The number of nitrogens with one attached hydrogen (secondary N) is 2. The summed E-state index contributed by atoms with van der Waals surface area (Å²) < 4.78 is 0. The first-order valence-electron chi connectivity index (χ1n) is 9.15. The Balaban J connectivity index is 1.48. The lowest BCUT2D eigenvalue weighted by Crippen LogP contribution is -2.26. The molecule has 0 bridgehead atoms. The fourth-order valence-corrected chi connectivity index (χ4v) is 2.80. The number of anilines is 1. The Bertz CT molecular complexity index is 880. The Labute approximate surface area is 159 Å². The standard InChI is InChI=1S/C22H24N4O/c1-17-7-5-10-19(15-17)16-25-22-24-14-12-20(26-22)21(27)23-13-6-11-18-8-3-2-4-9-18/h2-5,7-10,12,14-15H,6,11,13,16H2,1H3,(H,23,27)(H,24,25,26). The van der Waals surface area contributed by atoms with E-state index in [9.17, 15) is 4.79 Å². The second-order valence-corrected chi connectivity index (χ2v) is 6.45. The summed E-state index contributed by atoms with van der Waals surface area (Å²) in [6.07, 6.45) is 3.43. The fourth-order valence-electron chi connectivity index (χ4n) is 2.80. The van der Waals surface area contributed by atoms with Crippen LogP contribution < -0.4 is 10.6 Å². The summed E-state index contributed by atoms with van der Waals surface area (Å²) >= 11 is 0. The summed E-state index contributed by atoms with van der Waals surface area (Å²) in [7, 11) is 0. The molecule has 5 nitrogen and oxygen atoms in total. The monoisotopic (exact) mass is 360 g/mol. The normalized spacial score (nSPS) is 10.4.